The molecule has 0 amide bonds. The van der Waals surface area contributed by atoms with E-state index in [1.165, 1.54) is 5.56 Å². The number of sulfonamides is 1. The Morgan fingerprint density at radius 1 is 0.935 bits per heavy atom. The molecule has 4 nitrogen and oxygen atoms in total. The number of benzene rings is 3. The van der Waals surface area contributed by atoms with E-state index in [0.29, 0.717) is 16.5 Å². The third kappa shape index (κ3) is 3.63. The summed E-state index contributed by atoms with van der Waals surface area (Å²) in [5.74, 6) is 0.582. The Bertz CT molecular complexity index is 1270. The average molecular weight is 431 g/mol. The maximum absolute atomic E-state index is 13.1. The van der Waals surface area contributed by atoms with E-state index in [9.17, 15) is 8.42 Å². The van der Waals surface area contributed by atoms with Crippen LogP contribution in [0, 0.1) is 19.8 Å². The number of fused-ring (bicyclic) bond motifs is 3. The maximum Gasteiger partial charge on any atom is 0.261 e. The zero-order valence-corrected chi connectivity index (χ0v) is 18.5. The highest BCUT2D eigenvalue weighted by Gasteiger charge is 2.38. The summed E-state index contributed by atoms with van der Waals surface area (Å²) < 4.78 is 29.0. The van der Waals surface area contributed by atoms with Gasteiger partial charge in [0.15, 0.2) is 0 Å². The first-order chi connectivity index (χ1) is 14.9. The van der Waals surface area contributed by atoms with Gasteiger partial charge in [0.1, 0.15) is 0 Å². The number of rotatable bonds is 4. The third-order valence-corrected chi connectivity index (χ3v) is 7.94. The molecule has 158 valence electrons. The van der Waals surface area contributed by atoms with Crippen LogP contribution >= 0.6 is 0 Å². The molecule has 3 unspecified atom stereocenters. The van der Waals surface area contributed by atoms with Gasteiger partial charge in [-0.05, 0) is 78.8 Å². The smallest absolute Gasteiger partial charge is 0.261 e. The molecule has 0 aromatic heterocycles. The minimum Gasteiger partial charge on any atom is -0.378 e. The number of hydrogen-bond acceptors (Lipinski definition) is 3. The standard InChI is InChI=1S/C26H26N2O2S/c1-17-11-12-20(15-18(17)2)28-31(29,30)21-13-14-25-24(16-21)22-9-6-10-23(22)26(27-25)19-7-4-3-5-8-19/h3-9,11-16,22-23,26-28H,10H2,1-2H3. The largest absolute Gasteiger partial charge is 0.378 e. The van der Waals surface area contributed by atoms with Gasteiger partial charge in [-0.2, -0.15) is 0 Å². The van der Waals surface area contributed by atoms with Crippen molar-refractivity contribution in [1.82, 2.24) is 0 Å². The SMILES string of the molecule is Cc1ccc(NS(=O)(=O)c2ccc3c(c2)C2C=CCC2C(c2ccccc2)N3)cc1C. The molecule has 0 saturated heterocycles. The van der Waals surface area contributed by atoms with Gasteiger partial charge in [0.25, 0.3) is 10.0 Å². The first-order valence-electron chi connectivity index (χ1n) is 10.6. The van der Waals surface area contributed by atoms with E-state index in [0.717, 1.165) is 28.8 Å². The Morgan fingerprint density at radius 3 is 2.52 bits per heavy atom. The van der Waals surface area contributed by atoms with Gasteiger partial charge >= 0.3 is 0 Å². The van der Waals surface area contributed by atoms with Crippen LogP contribution in [0.3, 0.4) is 0 Å². The lowest BCUT2D eigenvalue weighted by atomic mass is 9.77. The molecule has 0 saturated carbocycles. The highest BCUT2D eigenvalue weighted by Crippen LogP contribution is 2.50. The first kappa shape index (κ1) is 19.9. The molecule has 31 heavy (non-hydrogen) atoms. The summed E-state index contributed by atoms with van der Waals surface area (Å²) in [6.45, 7) is 3.99. The number of anilines is 2. The van der Waals surface area contributed by atoms with E-state index in [1.54, 1.807) is 12.1 Å². The molecule has 0 radical (unpaired) electrons. The van der Waals surface area contributed by atoms with Crippen LogP contribution in [-0.4, -0.2) is 8.42 Å². The second kappa shape index (κ2) is 7.57. The van der Waals surface area contributed by atoms with Crippen molar-refractivity contribution in [3.8, 4) is 0 Å². The van der Waals surface area contributed by atoms with Crippen LogP contribution in [0.5, 0.6) is 0 Å². The summed E-state index contributed by atoms with van der Waals surface area (Å²) in [5.41, 5.74) is 6.10. The predicted octanol–water partition coefficient (Wildman–Crippen LogP) is 5.93. The quantitative estimate of drug-likeness (QED) is 0.504. The van der Waals surface area contributed by atoms with Crippen molar-refractivity contribution < 1.29 is 8.42 Å². The van der Waals surface area contributed by atoms with Crippen molar-refractivity contribution in [2.24, 2.45) is 5.92 Å². The number of allylic oxidation sites excluding steroid dienone is 2. The van der Waals surface area contributed by atoms with E-state index in [-0.39, 0.29) is 12.0 Å². The monoisotopic (exact) mass is 430 g/mol. The van der Waals surface area contributed by atoms with E-state index < -0.39 is 10.0 Å². The van der Waals surface area contributed by atoms with Crippen LogP contribution in [-0.2, 0) is 10.0 Å². The minimum absolute atomic E-state index is 0.207. The van der Waals surface area contributed by atoms with Crippen molar-refractivity contribution in [2.75, 3.05) is 10.0 Å². The van der Waals surface area contributed by atoms with E-state index in [4.69, 9.17) is 0 Å². The van der Waals surface area contributed by atoms with Gasteiger partial charge in [-0.15, -0.1) is 0 Å². The van der Waals surface area contributed by atoms with Crippen molar-refractivity contribution in [3.05, 3.63) is 101 Å². The second-order valence-electron chi connectivity index (χ2n) is 8.54. The fraction of sp³-hybridized carbons (Fsp3) is 0.231. The molecule has 2 aliphatic rings. The molecule has 3 aromatic rings. The van der Waals surface area contributed by atoms with Gasteiger partial charge in [-0.1, -0.05) is 48.6 Å². The maximum atomic E-state index is 13.1. The van der Waals surface area contributed by atoms with Gasteiger partial charge in [0.2, 0.25) is 0 Å². The summed E-state index contributed by atoms with van der Waals surface area (Å²) in [4.78, 5) is 0.295. The van der Waals surface area contributed by atoms with Crippen LogP contribution in [0.4, 0.5) is 11.4 Å². The van der Waals surface area contributed by atoms with Crippen LogP contribution in [0.25, 0.3) is 0 Å². The predicted molar refractivity (Wildman–Crippen MR) is 126 cm³/mol. The van der Waals surface area contributed by atoms with E-state index in [1.807, 2.05) is 44.2 Å². The molecule has 3 aromatic carbocycles. The van der Waals surface area contributed by atoms with Gasteiger partial charge in [-0.3, -0.25) is 4.72 Å². The van der Waals surface area contributed by atoms with Gasteiger partial charge in [-0.25, -0.2) is 8.42 Å². The lowest BCUT2D eigenvalue weighted by molar-refractivity contribution is 0.425. The summed E-state index contributed by atoms with van der Waals surface area (Å²) in [7, 11) is -3.67. The molecule has 1 heterocycles. The minimum atomic E-state index is -3.67. The lowest BCUT2D eigenvalue weighted by Gasteiger charge is -2.37. The summed E-state index contributed by atoms with van der Waals surface area (Å²) in [6, 6.07) is 21.7. The van der Waals surface area contributed by atoms with Gasteiger partial charge in [0.05, 0.1) is 10.9 Å². The van der Waals surface area contributed by atoms with E-state index in [2.05, 4.69) is 46.5 Å². The fourth-order valence-electron chi connectivity index (χ4n) is 4.75. The van der Waals surface area contributed by atoms with Crippen LogP contribution in [0.2, 0.25) is 0 Å². The highest BCUT2D eigenvalue weighted by molar-refractivity contribution is 7.92. The van der Waals surface area contributed by atoms with Crippen LogP contribution < -0.4 is 10.0 Å². The Balaban J connectivity index is 1.48. The average Bonchev–Trinajstić information content (AvgIpc) is 3.26. The lowest BCUT2D eigenvalue weighted by Crippen LogP contribution is -2.29. The Kier molecular flexibility index (Phi) is 4.86. The normalized spacial score (nSPS) is 21.8. The van der Waals surface area contributed by atoms with Gasteiger partial charge in [0, 0.05) is 17.3 Å². The Morgan fingerprint density at radius 2 is 1.74 bits per heavy atom. The molecule has 1 aliphatic carbocycles. The topological polar surface area (TPSA) is 58.2 Å². The molecule has 0 spiro atoms. The Labute approximate surface area is 184 Å². The van der Waals surface area contributed by atoms with Crippen LogP contribution in [0.1, 0.15) is 40.6 Å². The number of nitrogens with one attached hydrogen (secondary N) is 2. The summed E-state index contributed by atoms with van der Waals surface area (Å²) in [6.07, 6.45) is 5.43. The first-order valence-corrected chi connectivity index (χ1v) is 12.1. The highest BCUT2D eigenvalue weighted by atomic mass is 32.2. The summed E-state index contributed by atoms with van der Waals surface area (Å²) in [5, 5.41) is 3.67. The molecular weight excluding hydrogens is 404 g/mol. The molecule has 0 fully saturated rings. The summed E-state index contributed by atoms with van der Waals surface area (Å²) >= 11 is 0. The van der Waals surface area contributed by atoms with Gasteiger partial charge < -0.3 is 5.32 Å². The van der Waals surface area contributed by atoms with Crippen molar-refractivity contribution in [1.29, 1.82) is 0 Å². The molecule has 2 N–H and O–H groups in total. The molecule has 0 bridgehead atoms. The molecule has 5 rings (SSSR count). The fourth-order valence-corrected chi connectivity index (χ4v) is 5.83. The second-order valence-corrected chi connectivity index (χ2v) is 10.2. The third-order valence-electron chi connectivity index (χ3n) is 6.56. The molecule has 5 heteroatoms. The Hall–Kier alpha value is -3.05. The molecular formula is C26H26N2O2S. The number of hydrogen-bond donors (Lipinski definition) is 2. The molecule has 3 atom stereocenters. The van der Waals surface area contributed by atoms with Crippen LogP contribution in [0.15, 0.2) is 83.8 Å². The van der Waals surface area contributed by atoms with Crippen molar-refractivity contribution >= 4 is 21.4 Å². The number of aryl methyl sites for hydroxylation is 2. The zero-order chi connectivity index (χ0) is 21.6. The zero-order valence-electron chi connectivity index (χ0n) is 17.7. The molecule has 1 aliphatic heterocycles. The van der Waals surface area contributed by atoms with Crippen molar-refractivity contribution in [2.45, 2.75) is 37.1 Å². The van der Waals surface area contributed by atoms with E-state index >= 15 is 0 Å². The van der Waals surface area contributed by atoms with Crippen molar-refractivity contribution in [3.63, 3.8) is 0 Å².